The highest BCUT2D eigenvalue weighted by molar-refractivity contribution is 7.18. The Morgan fingerprint density at radius 2 is 1.77 bits per heavy atom. The van der Waals surface area contributed by atoms with Gasteiger partial charge in [0.15, 0.2) is 0 Å². The van der Waals surface area contributed by atoms with Crippen molar-refractivity contribution in [3.8, 4) is 0 Å². The van der Waals surface area contributed by atoms with Crippen LogP contribution in [0.25, 0.3) is 10.2 Å². The molecule has 0 radical (unpaired) electrons. The molecule has 0 fully saturated rings. The van der Waals surface area contributed by atoms with Crippen LogP contribution in [0.3, 0.4) is 0 Å². The number of benzene rings is 1. The maximum Gasteiger partial charge on any atom is 0.226 e. The van der Waals surface area contributed by atoms with Crippen molar-refractivity contribution in [3.05, 3.63) is 29.3 Å². The number of carbonyl (C=O) groups excluding carboxylic acids is 1. The van der Waals surface area contributed by atoms with Gasteiger partial charge in [-0.2, -0.15) is 0 Å². The van der Waals surface area contributed by atoms with Crippen molar-refractivity contribution in [1.29, 1.82) is 0 Å². The lowest BCUT2D eigenvalue weighted by atomic mass is 9.78. The summed E-state index contributed by atoms with van der Waals surface area (Å²) >= 11 is 1.70. The first-order valence-electron chi connectivity index (χ1n) is 8.98. The Labute approximate surface area is 173 Å². The number of nitrogens with zero attached hydrogens (tertiary/aromatic N) is 1. The summed E-state index contributed by atoms with van der Waals surface area (Å²) in [5, 5.41) is 7.49. The molecule has 1 amide bonds. The number of para-hydroxylation sites is 1. The molecule has 0 atom stereocenters. The van der Waals surface area contributed by atoms with Crippen LogP contribution < -0.4 is 10.6 Å². The van der Waals surface area contributed by atoms with Crippen LogP contribution in [0.5, 0.6) is 0 Å². The summed E-state index contributed by atoms with van der Waals surface area (Å²) in [5.41, 5.74) is 0.668. The Hall–Kier alpha value is -0.880. The summed E-state index contributed by atoms with van der Waals surface area (Å²) in [6, 6.07) is 8.17. The topological polar surface area (TPSA) is 54.0 Å². The highest BCUT2D eigenvalue weighted by Gasteiger charge is 2.35. The van der Waals surface area contributed by atoms with Gasteiger partial charge in [-0.15, -0.1) is 36.2 Å². The average molecular weight is 420 g/mol. The van der Waals surface area contributed by atoms with Gasteiger partial charge in [-0.1, -0.05) is 32.9 Å². The van der Waals surface area contributed by atoms with E-state index in [0.29, 0.717) is 13.0 Å². The molecule has 148 valence electrons. The Morgan fingerprint density at radius 1 is 1.08 bits per heavy atom. The summed E-state index contributed by atoms with van der Waals surface area (Å²) in [4.78, 5) is 17.5. The molecule has 2 N–H and O–H groups in total. The third kappa shape index (κ3) is 6.38. The van der Waals surface area contributed by atoms with Crippen molar-refractivity contribution in [2.45, 2.75) is 46.5 Å². The van der Waals surface area contributed by atoms with Crippen LogP contribution in [0.2, 0.25) is 0 Å². The van der Waals surface area contributed by atoms with Crippen LogP contribution in [0, 0.1) is 5.41 Å². The van der Waals surface area contributed by atoms with E-state index in [1.54, 1.807) is 11.3 Å². The van der Waals surface area contributed by atoms with Crippen LogP contribution in [0.1, 0.15) is 45.0 Å². The third-order valence-corrected chi connectivity index (χ3v) is 5.71. The molecule has 1 heterocycles. The van der Waals surface area contributed by atoms with Gasteiger partial charge in [0.25, 0.3) is 0 Å². The first-order valence-corrected chi connectivity index (χ1v) is 9.80. The lowest BCUT2D eigenvalue weighted by Crippen LogP contribution is -2.44. The highest BCUT2D eigenvalue weighted by Crippen LogP contribution is 2.34. The molecule has 0 saturated carbocycles. The van der Waals surface area contributed by atoms with Gasteiger partial charge in [-0.3, -0.25) is 4.79 Å². The zero-order valence-corrected chi connectivity index (χ0v) is 18.3. The first kappa shape index (κ1) is 25.1. The smallest absolute Gasteiger partial charge is 0.226 e. The van der Waals surface area contributed by atoms with Gasteiger partial charge < -0.3 is 10.6 Å². The van der Waals surface area contributed by atoms with E-state index in [9.17, 15) is 4.79 Å². The standard InChI is InChI=1S/C19H29N3OS.2ClH/c1-4-11-20-12-13-21-18(23)19(5-2,6-3)14-17-22-15-9-7-8-10-16(15)24-17;;/h7-10,20H,4-6,11-14H2,1-3H3,(H,21,23);2*1H. The lowest BCUT2D eigenvalue weighted by molar-refractivity contribution is -0.131. The van der Waals surface area contributed by atoms with E-state index in [1.807, 2.05) is 18.2 Å². The van der Waals surface area contributed by atoms with Gasteiger partial charge in [0.05, 0.1) is 20.6 Å². The second kappa shape index (κ2) is 12.5. The molecule has 0 aliphatic heterocycles. The normalized spacial score (nSPS) is 10.9. The summed E-state index contributed by atoms with van der Waals surface area (Å²) in [5.74, 6) is 0.157. The van der Waals surface area contributed by atoms with E-state index >= 15 is 0 Å². The summed E-state index contributed by atoms with van der Waals surface area (Å²) in [7, 11) is 0. The van der Waals surface area contributed by atoms with Crippen LogP contribution in [0.15, 0.2) is 24.3 Å². The third-order valence-electron chi connectivity index (χ3n) is 4.68. The number of rotatable bonds is 10. The molecule has 2 rings (SSSR count). The van der Waals surface area contributed by atoms with Gasteiger partial charge in [-0.25, -0.2) is 4.98 Å². The van der Waals surface area contributed by atoms with Crippen molar-refractivity contribution in [2.24, 2.45) is 5.41 Å². The fourth-order valence-electron chi connectivity index (χ4n) is 2.94. The van der Waals surface area contributed by atoms with Crippen molar-refractivity contribution < 1.29 is 4.79 Å². The number of carbonyl (C=O) groups is 1. The minimum atomic E-state index is -0.362. The molecule has 0 aliphatic carbocycles. The summed E-state index contributed by atoms with van der Waals surface area (Å²) in [6.07, 6.45) is 3.48. The van der Waals surface area contributed by atoms with Gasteiger partial charge >= 0.3 is 0 Å². The number of hydrogen-bond donors (Lipinski definition) is 2. The van der Waals surface area contributed by atoms with E-state index in [4.69, 9.17) is 4.98 Å². The monoisotopic (exact) mass is 419 g/mol. The number of thiazole rings is 1. The first-order chi connectivity index (χ1) is 11.6. The Bertz CT molecular complexity index is 626. The number of fused-ring (bicyclic) bond motifs is 1. The van der Waals surface area contributed by atoms with Gasteiger partial charge in [-0.05, 0) is 37.9 Å². The Kier molecular flexibility index (Phi) is 12.1. The maximum absolute atomic E-state index is 12.8. The molecule has 2 aromatic rings. The van der Waals surface area contributed by atoms with E-state index < -0.39 is 0 Å². The molecule has 26 heavy (non-hydrogen) atoms. The maximum atomic E-state index is 12.8. The van der Waals surface area contributed by atoms with Crippen LogP contribution in [-0.4, -0.2) is 30.5 Å². The van der Waals surface area contributed by atoms with E-state index in [2.05, 4.69) is 37.5 Å². The molecular weight excluding hydrogens is 389 g/mol. The molecular formula is C19H31Cl2N3OS. The lowest BCUT2D eigenvalue weighted by Gasteiger charge is -2.29. The summed E-state index contributed by atoms with van der Waals surface area (Å²) < 4.78 is 1.19. The van der Waals surface area contributed by atoms with Crippen molar-refractivity contribution in [3.63, 3.8) is 0 Å². The number of nitrogens with one attached hydrogen (secondary N) is 2. The predicted octanol–water partition coefficient (Wildman–Crippen LogP) is 4.60. The Morgan fingerprint density at radius 3 is 2.38 bits per heavy atom. The zero-order valence-electron chi connectivity index (χ0n) is 15.8. The fraction of sp³-hybridized carbons (Fsp3) is 0.579. The number of hydrogen-bond acceptors (Lipinski definition) is 4. The van der Waals surface area contributed by atoms with Crippen molar-refractivity contribution in [2.75, 3.05) is 19.6 Å². The molecule has 0 spiro atoms. The summed E-state index contributed by atoms with van der Waals surface area (Å²) in [6.45, 7) is 8.85. The van der Waals surface area contributed by atoms with E-state index in [1.165, 1.54) is 4.70 Å². The van der Waals surface area contributed by atoms with E-state index in [0.717, 1.165) is 42.9 Å². The van der Waals surface area contributed by atoms with Crippen LogP contribution in [-0.2, 0) is 11.2 Å². The second-order valence-electron chi connectivity index (χ2n) is 6.25. The molecule has 1 aromatic heterocycles. The predicted molar refractivity (Wildman–Crippen MR) is 117 cm³/mol. The minimum absolute atomic E-state index is 0. The molecule has 0 bridgehead atoms. The minimum Gasteiger partial charge on any atom is -0.354 e. The van der Waals surface area contributed by atoms with Crippen LogP contribution in [0.4, 0.5) is 0 Å². The van der Waals surface area contributed by atoms with Gasteiger partial charge in [0, 0.05) is 19.5 Å². The average Bonchev–Trinajstić information content (AvgIpc) is 3.01. The second-order valence-corrected chi connectivity index (χ2v) is 7.36. The van der Waals surface area contributed by atoms with Gasteiger partial charge in [0.1, 0.15) is 0 Å². The van der Waals surface area contributed by atoms with Crippen molar-refractivity contribution >= 4 is 52.3 Å². The molecule has 0 saturated heterocycles. The quantitative estimate of drug-likeness (QED) is 0.552. The van der Waals surface area contributed by atoms with Crippen molar-refractivity contribution in [1.82, 2.24) is 15.6 Å². The molecule has 1 aromatic carbocycles. The fourth-order valence-corrected chi connectivity index (χ4v) is 4.05. The SMILES string of the molecule is CCCNCCNC(=O)C(CC)(CC)Cc1nc2ccccc2s1.Cl.Cl. The molecule has 4 nitrogen and oxygen atoms in total. The van der Waals surface area contributed by atoms with Gasteiger partial charge in [0.2, 0.25) is 5.91 Å². The Balaban J connectivity index is 0.00000312. The molecule has 7 heteroatoms. The molecule has 0 aliphatic rings. The number of halogens is 2. The molecule has 0 unspecified atom stereocenters. The largest absolute Gasteiger partial charge is 0.354 e. The number of amides is 1. The zero-order chi connectivity index (χ0) is 17.4. The number of aromatic nitrogens is 1. The van der Waals surface area contributed by atoms with Crippen LogP contribution >= 0.6 is 36.2 Å². The van der Waals surface area contributed by atoms with E-state index in [-0.39, 0.29) is 36.1 Å². The highest BCUT2D eigenvalue weighted by atomic mass is 35.5.